The summed E-state index contributed by atoms with van der Waals surface area (Å²) in [6, 6.07) is 17.2. The number of hydrogen-bond donors (Lipinski definition) is 1. The van der Waals surface area contributed by atoms with Gasteiger partial charge in [-0.2, -0.15) is 0 Å². The lowest BCUT2D eigenvalue weighted by Crippen LogP contribution is -2.38. The van der Waals surface area contributed by atoms with Crippen LogP contribution in [-0.4, -0.2) is 41.6 Å². The van der Waals surface area contributed by atoms with Gasteiger partial charge in [-0.05, 0) is 29.7 Å². The molecule has 1 fully saturated rings. The third-order valence-corrected chi connectivity index (χ3v) is 4.87. The van der Waals surface area contributed by atoms with E-state index in [1.807, 2.05) is 54.6 Å². The summed E-state index contributed by atoms with van der Waals surface area (Å²) in [5, 5.41) is 2.92. The zero-order chi connectivity index (χ0) is 20.8. The molecule has 4 rings (SSSR count). The monoisotopic (exact) mass is 405 g/mol. The average molecular weight is 405 g/mol. The van der Waals surface area contributed by atoms with Gasteiger partial charge in [-0.1, -0.05) is 42.5 Å². The zero-order valence-corrected chi connectivity index (χ0v) is 16.5. The van der Waals surface area contributed by atoms with Crippen LogP contribution in [0.4, 0.5) is 0 Å². The number of carbonyl (C=O) groups excluding carboxylic acids is 2. The van der Waals surface area contributed by atoms with E-state index in [4.69, 9.17) is 9.15 Å². The van der Waals surface area contributed by atoms with Gasteiger partial charge in [-0.3, -0.25) is 9.59 Å². The molecule has 1 aromatic heterocycles. The second kappa shape index (κ2) is 9.37. The lowest BCUT2D eigenvalue weighted by atomic mass is 10.1. The van der Waals surface area contributed by atoms with Gasteiger partial charge in [0.2, 0.25) is 11.8 Å². The smallest absolute Gasteiger partial charge is 0.277 e. The van der Waals surface area contributed by atoms with Gasteiger partial charge >= 0.3 is 0 Å². The number of hydrogen-bond acceptors (Lipinski definition) is 5. The molecule has 2 heterocycles. The quantitative estimate of drug-likeness (QED) is 0.681. The van der Waals surface area contributed by atoms with Gasteiger partial charge in [-0.25, -0.2) is 4.98 Å². The van der Waals surface area contributed by atoms with E-state index in [0.717, 1.165) is 23.1 Å². The third-order valence-electron chi connectivity index (χ3n) is 4.87. The molecule has 0 saturated carbocycles. The zero-order valence-electron chi connectivity index (χ0n) is 16.5. The summed E-state index contributed by atoms with van der Waals surface area (Å²) in [5.74, 6) is 0.168. The van der Waals surface area contributed by atoms with Crippen LogP contribution in [0.3, 0.4) is 0 Å². The molecule has 2 aromatic carbocycles. The molecule has 2 amide bonds. The second-order valence-corrected chi connectivity index (χ2v) is 7.13. The number of nitrogens with zero attached hydrogens (tertiary/aromatic N) is 2. The molecule has 0 bridgehead atoms. The molecule has 1 saturated heterocycles. The molecular weight excluding hydrogens is 382 g/mol. The van der Waals surface area contributed by atoms with Crippen molar-refractivity contribution in [2.45, 2.75) is 19.4 Å². The molecule has 30 heavy (non-hydrogen) atoms. The highest BCUT2D eigenvalue weighted by Crippen LogP contribution is 2.20. The van der Waals surface area contributed by atoms with Crippen molar-refractivity contribution in [3.8, 4) is 11.5 Å². The Morgan fingerprint density at radius 3 is 2.57 bits per heavy atom. The van der Waals surface area contributed by atoms with Crippen molar-refractivity contribution in [3.63, 3.8) is 0 Å². The average Bonchev–Trinajstić information content (AvgIpc) is 3.29. The van der Waals surface area contributed by atoms with Crippen LogP contribution in [0.25, 0.3) is 11.5 Å². The van der Waals surface area contributed by atoms with E-state index in [9.17, 15) is 9.59 Å². The van der Waals surface area contributed by atoms with Crippen LogP contribution in [-0.2, 0) is 22.5 Å². The molecule has 1 aliphatic heterocycles. The van der Waals surface area contributed by atoms with Gasteiger partial charge in [0.25, 0.3) is 5.91 Å². The molecule has 0 aliphatic carbocycles. The number of amides is 2. The molecule has 154 valence electrons. The van der Waals surface area contributed by atoms with E-state index in [2.05, 4.69) is 10.3 Å². The van der Waals surface area contributed by atoms with Crippen molar-refractivity contribution in [2.24, 2.45) is 0 Å². The molecular formula is C23H23N3O4. The molecule has 1 aliphatic rings. The molecule has 3 aromatic rings. The second-order valence-electron chi connectivity index (χ2n) is 7.13. The Balaban J connectivity index is 1.33. The molecule has 7 heteroatoms. The predicted octanol–water partition coefficient (Wildman–Crippen LogP) is 3.02. The minimum Gasteiger partial charge on any atom is -0.444 e. The Morgan fingerprint density at radius 1 is 1.03 bits per heavy atom. The molecule has 0 unspecified atom stereocenters. The SMILES string of the molecule is O=C(Cc1ccccc1)NCc1ccc(-c2nc(C(=O)N3CCCOC3)co2)cc1. The normalized spacial score (nSPS) is 13.8. The van der Waals surface area contributed by atoms with Crippen molar-refractivity contribution in [1.29, 1.82) is 0 Å². The number of rotatable bonds is 6. The fourth-order valence-corrected chi connectivity index (χ4v) is 3.23. The van der Waals surface area contributed by atoms with Crippen LogP contribution in [0.2, 0.25) is 0 Å². The van der Waals surface area contributed by atoms with Gasteiger partial charge in [0.05, 0.1) is 13.0 Å². The van der Waals surface area contributed by atoms with Crippen LogP contribution in [0.5, 0.6) is 0 Å². The van der Waals surface area contributed by atoms with Crippen molar-refractivity contribution < 1.29 is 18.7 Å². The Morgan fingerprint density at radius 2 is 1.83 bits per heavy atom. The summed E-state index contributed by atoms with van der Waals surface area (Å²) >= 11 is 0. The minimum atomic E-state index is -0.192. The van der Waals surface area contributed by atoms with Gasteiger partial charge in [-0.15, -0.1) is 0 Å². The van der Waals surface area contributed by atoms with Crippen LogP contribution >= 0.6 is 0 Å². The van der Waals surface area contributed by atoms with Crippen molar-refractivity contribution in [3.05, 3.63) is 77.7 Å². The van der Waals surface area contributed by atoms with Crippen molar-refractivity contribution >= 4 is 11.8 Å². The molecule has 7 nitrogen and oxygen atoms in total. The Kier molecular flexibility index (Phi) is 6.20. The maximum Gasteiger partial charge on any atom is 0.277 e. The first-order valence-corrected chi connectivity index (χ1v) is 9.91. The molecule has 1 N–H and O–H groups in total. The van der Waals surface area contributed by atoms with Crippen LogP contribution in [0, 0.1) is 0 Å². The van der Waals surface area contributed by atoms with Gasteiger partial charge in [0.15, 0.2) is 5.69 Å². The van der Waals surface area contributed by atoms with Gasteiger partial charge in [0, 0.05) is 18.7 Å². The first-order chi connectivity index (χ1) is 14.7. The lowest BCUT2D eigenvalue weighted by molar-refractivity contribution is -0.120. The maximum atomic E-state index is 12.5. The van der Waals surface area contributed by atoms with E-state index in [1.165, 1.54) is 6.26 Å². The number of oxazole rings is 1. The number of ether oxygens (including phenoxy) is 1. The highest BCUT2D eigenvalue weighted by molar-refractivity contribution is 5.92. The fraction of sp³-hybridized carbons (Fsp3) is 0.261. The Hall–Kier alpha value is -3.45. The Labute approximate surface area is 174 Å². The highest BCUT2D eigenvalue weighted by Gasteiger charge is 2.22. The van der Waals surface area contributed by atoms with E-state index in [1.54, 1.807) is 4.90 Å². The van der Waals surface area contributed by atoms with Crippen molar-refractivity contribution in [2.75, 3.05) is 19.9 Å². The minimum absolute atomic E-state index is 0.0252. The highest BCUT2D eigenvalue weighted by atomic mass is 16.5. The number of benzene rings is 2. The fourth-order valence-electron chi connectivity index (χ4n) is 3.23. The third kappa shape index (κ3) is 4.93. The largest absolute Gasteiger partial charge is 0.444 e. The summed E-state index contributed by atoms with van der Waals surface area (Å²) in [6.45, 7) is 2.06. The van der Waals surface area contributed by atoms with Crippen LogP contribution < -0.4 is 5.32 Å². The first-order valence-electron chi connectivity index (χ1n) is 9.91. The first kappa shape index (κ1) is 19.8. The van der Waals surface area contributed by atoms with Gasteiger partial charge < -0.3 is 19.4 Å². The predicted molar refractivity (Wildman–Crippen MR) is 110 cm³/mol. The number of nitrogens with one attached hydrogen (secondary N) is 1. The van der Waals surface area contributed by atoms with Crippen molar-refractivity contribution in [1.82, 2.24) is 15.2 Å². The summed E-state index contributed by atoms with van der Waals surface area (Å²) in [7, 11) is 0. The summed E-state index contributed by atoms with van der Waals surface area (Å²) in [6.07, 6.45) is 2.55. The van der Waals surface area contributed by atoms with E-state index >= 15 is 0 Å². The Bertz CT molecular complexity index is 993. The van der Waals surface area contributed by atoms with Crippen LogP contribution in [0.1, 0.15) is 28.0 Å². The summed E-state index contributed by atoms with van der Waals surface area (Å²) in [4.78, 5) is 30.5. The summed E-state index contributed by atoms with van der Waals surface area (Å²) in [5.41, 5.74) is 2.99. The van der Waals surface area contributed by atoms with Crippen LogP contribution in [0.15, 0.2) is 65.3 Å². The number of carbonyl (C=O) groups is 2. The van der Waals surface area contributed by atoms with E-state index in [0.29, 0.717) is 32.0 Å². The molecule has 0 radical (unpaired) electrons. The lowest BCUT2D eigenvalue weighted by Gasteiger charge is -2.25. The maximum absolute atomic E-state index is 12.5. The summed E-state index contributed by atoms with van der Waals surface area (Å²) < 4.78 is 10.8. The standard InChI is InChI=1S/C23H23N3O4/c27-21(13-17-5-2-1-3-6-17)24-14-18-7-9-19(10-8-18)22-25-20(15-30-22)23(28)26-11-4-12-29-16-26/h1-3,5-10,15H,4,11-14,16H2,(H,24,27). The van der Waals surface area contributed by atoms with E-state index < -0.39 is 0 Å². The van der Waals surface area contributed by atoms with E-state index in [-0.39, 0.29) is 24.2 Å². The van der Waals surface area contributed by atoms with Gasteiger partial charge in [0.1, 0.15) is 13.0 Å². The number of aromatic nitrogens is 1. The topological polar surface area (TPSA) is 84.7 Å². The molecule has 0 atom stereocenters. The molecule has 0 spiro atoms.